The zero-order chi connectivity index (χ0) is 12.0. The second-order valence-electron chi connectivity index (χ2n) is 3.20. The zero-order valence-corrected chi connectivity index (χ0v) is 8.97. The van der Waals surface area contributed by atoms with E-state index in [1.54, 1.807) is 24.3 Å². The van der Waals surface area contributed by atoms with E-state index in [9.17, 15) is 9.59 Å². The fraction of sp³-hybridized carbons (Fsp3) is 0.167. The molecule has 0 spiro atoms. The third-order valence-electron chi connectivity index (χ3n) is 1.85. The Labute approximate surface area is 93.7 Å². The molecule has 0 aromatic heterocycles. The number of ether oxygens (including phenoxy) is 1. The van der Waals surface area contributed by atoms with E-state index in [1.807, 2.05) is 6.07 Å². The molecule has 0 heterocycles. The summed E-state index contributed by atoms with van der Waals surface area (Å²) in [4.78, 5) is 22.5. The van der Waals surface area contributed by atoms with Crippen molar-refractivity contribution in [2.45, 2.75) is 6.92 Å². The van der Waals surface area contributed by atoms with Gasteiger partial charge in [-0.1, -0.05) is 18.2 Å². The molecule has 0 fully saturated rings. The van der Waals surface area contributed by atoms with Crippen molar-refractivity contribution in [3.63, 3.8) is 0 Å². The molecule has 84 valence electrons. The van der Waals surface area contributed by atoms with Crippen LogP contribution in [0.3, 0.4) is 0 Å². The van der Waals surface area contributed by atoms with Crippen LogP contribution in [0.2, 0.25) is 0 Å². The summed E-state index contributed by atoms with van der Waals surface area (Å²) in [5.41, 5.74) is 5.36. The number of carbonyl (C=O) groups is 2. The normalized spacial score (nSPS) is 11.0. The Morgan fingerprint density at radius 3 is 2.50 bits per heavy atom. The van der Waals surface area contributed by atoms with E-state index in [0.29, 0.717) is 5.75 Å². The first-order valence-corrected chi connectivity index (χ1v) is 4.82. The molecular formula is C12H13NO3. The number of benzene rings is 1. The number of nitrogens with two attached hydrogens (primary N) is 1. The highest BCUT2D eigenvalue weighted by Gasteiger charge is 2.08. The van der Waals surface area contributed by atoms with Crippen LogP contribution in [0.4, 0.5) is 0 Å². The second kappa shape index (κ2) is 5.82. The number of ketones is 1. The molecule has 1 rings (SSSR count). The molecule has 0 saturated heterocycles. The number of para-hydroxylation sites is 1. The first-order valence-electron chi connectivity index (χ1n) is 4.82. The minimum absolute atomic E-state index is 0.115. The van der Waals surface area contributed by atoms with Crippen molar-refractivity contribution in [2.24, 2.45) is 5.73 Å². The number of esters is 1. The predicted molar refractivity (Wildman–Crippen MR) is 59.9 cm³/mol. The average Bonchev–Trinajstić information content (AvgIpc) is 2.30. The van der Waals surface area contributed by atoms with Crippen LogP contribution in [-0.2, 0) is 9.59 Å². The highest BCUT2D eigenvalue weighted by Crippen LogP contribution is 2.10. The summed E-state index contributed by atoms with van der Waals surface area (Å²) in [5, 5.41) is 0. The van der Waals surface area contributed by atoms with Crippen molar-refractivity contribution in [3.8, 4) is 5.75 Å². The Balaban J connectivity index is 2.66. The van der Waals surface area contributed by atoms with Crippen LogP contribution in [0.1, 0.15) is 6.92 Å². The summed E-state index contributed by atoms with van der Waals surface area (Å²) in [6.07, 6.45) is 1.19. The van der Waals surface area contributed by atoms with E-state index in [-0.39, 0.29) is 17.9 Å². The summed E-state index contributed by atoms with van der Waals surface area (Å²) < 4.78 is 5.02. The lowest BCUT2D eigenvalue weighted by atomic mass is 10.2. The van der Waals surface area contributed by atoms with Gasteiger partial charge in [0.1, 0.15) is 5.75 Å². The van der Waals surface area contributed by atoms with Gasteiger partial charge in [0.15, 0.2) is 5.78 Å². The SMILES string of the molecule is CC(=CC(=O)CN)C(=O)Oc1ccccc1. The average molecular weight is 219 g/mol. The molecule has 4 heteroatoms. The molecule has 0 aliphatic rings. The maximum absolute atomic E-state index is 11.5. The molecule has 0 atom stereocenters. The maximum atomic E-state index is 11.5. The number of carbonyl (C=O) groups excluding carboxylic acids is 2. The van der Waals surface area contributed by atoms with Gasteiger partial charge in [0.25, 0.3) is 0 Å². The van der Waals surface area contributed by atoms with Crippen LogP contribution < -0.4 is 10.5 Å². The molecule has 0 saturated carbocycles. The van der Waals surface area contributed by atoms with E-state index in [0.717, 1.165) is 0 Å². The Hall–Kier alpha value is -1.94. The van der Waals surface area contributed by atoms with Crippen molar-refractivity contribution in [3.05, 3.63) is 42.0 Å². The molecule has 0 unspecified atom stereocenters. The first kappa shape index (κ1) is 12.1. The third-order valence-corrected chi connectivity index (χ3v) is 1.85. The van der Waals surface area contributed by atoms with Crippen LogP contribution >= 0.6 is 0 Å². The van der Waals surface area contributed by atoms with Crippen LogP contribution in [0.25, 0.3) is 0 Å². The van der Waals surface area contributed by atoms with Crippen molar-refractivity contribution in [1.82, 2.24) is 0 Å². The Bertz CT molecular complexity index is 410. The summed E-state index contributed by atoms with van der Waals surface area (Å²) in [6.45, 7) is 1.40. The summed E-state index contributed by atoms with van der Waals surface area (Å²) >= 11 is 0. The van der Waals surface area contributed by atoms with E-state index >= 15 is 0 Å². The van der Waals surface area contributed by atoms with E-state index in [4.69, 9.17) is 10.5 Å². The lowest BCUT2D eigenvalue weighted by molar-refractivity contribution is -0.130. The van der Waals surface area contributed by atoms with Crippen LogP contribution in [0, 0.1) is 0 Å². The number of hydrogen-bond acceptors (Lipinski definition) is 4. The fourth-order valence-corrected chi connectivity index (χ4v) is 1.04. The molecule has 16 heavy (non-hydrogen) atoms. The zero-order valence-electron chi connectivity index (χ0n) is 8.97. The fourth-order valence-electron chi connectivity index (χ4n) is 1.04. The highest BCUT2D eigenvalue weighted by molar-refractivity contribution is 6.00. The van der Waals surface area contributed by atoms with E-state index in [2.05, 4.69) is 0 Å². The molecule has 2 N–H and O–H groups in total. The van der Waals surface area contributed by atoms with Gasteiger partial charge in [-0.3, -0.25) is 4.79 Å². The third kappa shape index (κ3) is 3.67. The first-order chi connectivity index (χ1) is 7.63. The number of rotatable bonds is 4. The minimum atomic E-state index is -0.548. The van der Waals surface area contributed by atoms with Crippen molar-refractivity contribution < 1.29 is 14.3 Å². The van der Waals surface area contributed by atoms with Gasteiger partial charge in [-0.25, -0.2) is 4.79 Å². The monoisotopic (exact) mass is 219 g/mol. The predicted octanol–water partition coefficient (Wildman–Crippen LogP) is 1.07. The maximum Gasteiger partial charge on any atom is 0.339 e. The van der Waals surface area contributed by atoms with Gasteiger partial charge in [-0.15, -0.1) is 0 Å². The quantitative estimate of drug-likeness (QED) is 0.467. The minimum Gasteiger partial charge on any atom is -0.423 e. The van der Waals surface area contributed by atoms with Crippen LogP contribution in [-0.4, -0.2) is 18.3 Å². The van der Waals surface area contributed by atoms with Crippen molar-refractivity contribution in [2.75, 3.05) is 6.54 Å². The smallest absolute Gasteiger partial charge is 0.339 e. The summed E-state index contributed by atoms with van der Waals surface area (Å²) in [6, 6.07) is 8.66. The van der Waals surface area contributed by atoms with Gasteiger partial charge in [0, 0.05) is 5.57 Å². The molecule has 4 nitrogen and oxygen atoms in total. The summed E-state index contributed by atoms with van der Waals surface area (Å²) in [7, 11) is 0. The van der Waals surface area contributed by atoms with Crippen molar-refractivity contribution in [1.29, 1.82) is 0 Å². The van der Waals surface area contributed by atoms with Crippen LogP contribution in [0.15, 0.2) is 42.0 Å². The highest BCUT2D eigenvalue weighted by atomic mass is 16.5. The lowest BCUT2D eigenvalue weighted by Crippen LogP contribution is -2.15. The molecule has 0 amide bonds. The Kier molecular flexibility index (Phi) is 4.42. The largest absolute Gasteiger partial charge is 0.423 e. The number of hydrogen-bond donors (Lipinski definition) is 1. The molecule has 0 aliphatic carbocycles. The topological polar surface area (TPSA) is 69.4 Å². The van der Waals surface area contributed by atoms with E-state index < -0.39 is 5.97 Å². The van der Waals surface area contributed by atoms with Gasteiger partial charge >= 0.3 is 5.97 Å². The Morgan fingerprint density at radius 1 is 1.31 bits per heavy atom. The molecular weight excluding hydrogens is 206 g/mol. The second-order valence-corrected chi connectivity index (χ2v) is 3.20. The van der Waals surface area contributed by atoms with Gasteiger partial charge in [0.05, 0.1) is 6.54 Å². The van der Waals surface area contributed by atoms with Gasteiger partial charge < -0.3 is 10.5 Å². The Morgan fingerprint density at radius 2 is 1.94 bits per heavy atom. The lowest BCUT2D eigenvalue weighted by Gasteiger charge is -2.03. The van der Waals surface area contributed by atoms with Crippen molar-refractivity contribution >= 4 is 11.8 Å². The molecule has 0 radical (unpaired) electrons. The van der Waals surface area contributed by atoms with E-state index in [1.165, 1.54) is 13.0 Å². The molecule has 0 aliphatic heterocycles. The summed E-state index contributed by atoms with van der Waals surface area (Å²) in [5.74, 6) is -0.407. The molecule has 1 aromatic carbocycles. The standard InChI is InChI=1S/C12H13NO3/c1-9(7-10(14)8-13)12(15)16-11-5-3-2-4-6-11/h2-7H,8,13H2,1H3. The molecule has 0 bridgehead atoms. The molecule has 1 aromatic rings. The van der Waals surface area contributed by atoms with Crippen LogP contribution in [0.5, 0.6) is 5.75 Å². The van der Waals surface area contributed by atoms with Gasteiger partial charge in [-0.05, 0) is 25.1 Å². The van der Waals surface area contributed by atoms with Gasteiger partial charge in [0.2, 0.25) is 0 Å². The van der Waals surface area contributed by atoms with Gasteiger partial charge in [-0.2, -0.15) is 0 Å².